The minimum Gasteiger partial charge on any atom is -0.399 e. The van der Waals surface area contributed by atoms with E-state index in [1.54, 1.807) is 12.3 Å². The molecule has 4 heteroatoms. The fraction of sp³-hybridized carbons (Fsp3) is 0.400. The van der Waals surface area contributed by atoms with Crippen LogP contribution in [-0.4, -0.2) is 23.5 Å². The van der Waals surface area contributed by atoms with E-state index in [4.69, 9.17) is 11.0 Å². The van der Waals surface area contributed by atoms with Crippen LogP contribution in [0, 0.1) is 11.3 Å². The molecule has 0 fully saturated rings. The second kappa shape index (κ2) is 5.20. The summed E-state index contributed by atoms with van der Waals surface area (Å²) in [6.45, 7) is 1.49. The molecule has 0 amide bonds. The first-order valence-corrected chi connectivity index (χ1v) is 4.48. The fourth-order valence-electron chi connectivity index (χ4n) is 1.18. The summed E-state index contributed by atoms with van der Waals surface area (Å²) < 4.78 is 0. The van der Waals surface area contributed by atoms with E-state index in [0.717, 1.165) is 24.5 Å². The summed E-state index contributed by atoms with van der Waals surface area (Å²) in [7, 11) is 1.96. The van der Waals surface area contributed by atoms with Gasteiger partial charge in [0.2, 0.25) is 0 Å². The lowest BCUT2D eigenvalue weighted by Crippen LogP contribution is -2.19. The van der Waals surface area contributed by atoms with E-state index in [9.17, 15) is 0 Å². The Balaban J connectivity index is 2.48. The number of nitrogens with zero attached hydrogens (tertiary/aromatic N) is 3. The van der Waals surface area contributed by atoms with E-state index in [0.29, 0.717) is 6.42 Å². The van der Waals surface area contributed by atoms with Crippen molar-refractivity contribution in [3.63, 3.8) is 0 Å². The molecular weight excluding hydrogens is 176 g/mol. The van der Waals surface area contributed by atoms with Gasteiger partial charge in [-0.1, -0.05) is 0 Å². The molecule has 14 heavy (non-hydrogen) atoms. The summed E-state index contributed by atoms with van der Waals surface area (Å²) in [5.74, 6) is 0. The monoisotopic (exact) mass is 190 g/mol. The number of nitrogen functional groups attached to an aromatic ring is 1. The zero-order valence-corrected chi connectivity index (χ0v) is 8.27. The van der Waals surface area contributed by atoms with Crippen LogP contribution in [0.5, 0.6) is 0 Å². The highest BCUT2D eigenvalue weighted by Gasteiger charge is 2.00. The van der Waals surface area contributed by atoms with Gasteiger partial charge in [0, 0.05) is 31.4 Å². The first-order valence-electron chi connectivity index (χ1n) is 4.48. The van der Waals surface area contributed by atoms with Crippen LogP contribution >= 0.6 is 0 Å². The van der Waals surface area contributed by atoms with Crippen molar-refractivity contribution < 1.29 is 0 Å². The van der Waals surface area contributed by atoms with Crippen molar-refractivity contribution in [2.45, 2.75) is 13.0 Å². The topological polar surface area (TPSA) is 65.9 Å². The van der Waals surface area contributed by atoms with Crippen LogP contribution in [0.15, 0.2) is 18.3 Å². The van der Waals surface area contributed by atoms with Gasteiger partial charge in [-0.25, -0.2) is 0 Å². The van der Waals surface area contributed by atoms with Crippen LogP contribution in [0.25, 0.3) is 0 Å². The molecule has 74 valence electrons. The Morgan fingerprint density at radius 3 is 3.07 bits per heavy atom. The van der Waals surface area contributed by atoms with Gasteiger partial charge in [0.1, 0.15) is 0 Å². The molecule has 1 heterocycles. The number of anilines is 1. The van der Waals surface area contributed by atoms with Crippen molar-refractivity contribution in [3.8, 4) is 6.07 Å². The molecule has 0 radical (unpaired) electrons. The highest BCUT2D eigenvalue weighted by Crippen LogP contribution is 2.05. The molecule has 2 N–H and O–H groups in total. The zero-order chi connectivity index (χ0) is 10.4. The Bertz CT molecular complexity index is 329. The van der Waals surface area contributed by atoms with Crippen LogP contribution in [0.2, 0.25) is 0 Å². The molecule has 1 aromatic heterocycles. The number of nitrogens with two attached hydrogens (primary N) is 1. The molecule has 0 saturated carbocycles. The number of hydrogen-bond acceptors (Lipinski definition) is 4. The summed E-state index contributed by atoms with van der Waals surface area (Å²) in [6.07, 6.45) is 2.24. The smallest absolute Gasteiger partial charge is 0.0635 e. The Kier molecular flexibility index (Phi) is 3.89. The van der Waals surface area contributed by atoms with E-state index < -0.39 is 0 Å². The third-order valence-corrected chi connectivity index (χ3v) is 1.88. The number of pyridine rings is 1. The van der Waals surface area contributed by atoms with Gasteiger partial charge in [-0.2, -0.15) is 5.26 Å². The largest absolute Gasteiger partial charge is 0.399 e. The van der Waals surface area contributed by atoms with E-state index in [1.807, 2.05) is 18.0 Å². The molecule has 0 bridgehead atoms. The van der Waals surface area contributed by atoms with Crippen molar-refractivity contribution in [1.29, 1.82) is 5.26 Å². The number of aromatic nitrogens is 1. The van der Waals surface area contributed by atoms with Crippen LogP contribution < -0.4 is 5.73 Å². The third kappa shape index (κ3) is 3.42. The van der Waals surface area contributed by atoms with Crippen LogP contribution in [0.1, 0.15) is 12.1 Å². The van der Waals surface area contributed by atoms with Crippen LogP contribution in [-0.2, 0) is 6.54 Å². The van der Waals surface area contributed by atoms with Gasteiger partial charge in [-0.15, -0.1) is 0 Å². The van der Waals surface area contributed by atoms with E-state index in [-0.39, 0.29) is 0 Å². The maximum absolute atomic E-state index is 8.41. The Hall–Kier alpha value is -1.60. The molecule has 4 nitrogen and oxygen atoms in total. The molecule has 0 spiro atoms. The fourth-order valence-corrected chi connectivity index (χ4v) is 1.18. The minimum atomic E-state index is 0.540. The van der Waals surface area contributed by atoms with Gasteiger partial charge in [-0.05, 0) is 19.2 Å². The summed E-state index contributed by atoms with van der Waals surface area (Å²) >= 11 is 0. The van der Waals surface area contributed by atoms with E-state index >= 15 is 0 Å². The van der Waals surface area contributed by atoms with Crippen molar-refractivity contribution in [1.82, 2.24) is 9.88 Å². The van der Waals surface area contributed by atoms with Gasteiger partial charge < -0.3 is 5.73 Å². The number of rotatable bonds is 4. The van der Waals surface area contributed by atoms with Gasteiger partial charge in [0.05, 0.1) is 11.8 Å². The van der Waals surface area contributed by atoms with Gasteiger partial charge in [-0.3, -0.25) is 9.88 Å². The molecule has 0 saturated heterocycles. The highest BCUT2D eigenvalue weighted by atomic mass is 15.1. The highest BCUT2D eigenvalue weighted by molar-refractivity contribution is 5.37. The maximum Gasteiger partial charge on any atom is 0.0635 e. The molecule has 0 aliphatic rings. The van der Waals surface area contributed by atoms with E-state index in [1.165, 1.54) is 0 Å². The lowest BCUT2D eigenvalue weighted by molar-refractivity contribution is 0.331. The molecule has 1 rings (SSSR count). The second-order valence-electron chi connectivity index (χ2n) is 3.23. The maximum atomic E-state index is 8.41. The molecule has 0 atom stereocenters. The minimum absolute atomic E-state index is 0.540. The third-order valence-electron chi connectivity index (χ3n) is 1.88. The Morgan fingerprint density at radius 2 is 2.43 bits per heavy atom. The normalized spacial score (nSPS) is 10.1. The summed E-state index contributed by atoms with van der Waals surface area (Å²) in [4.78, 5) is 6.23. The molecule has 1 aromatic rings. The summed E-state index contributed by atoms with van der Waals surface area (Å²) in [6, 6.07) is 5.72. The Morgan fingerprint density at radius 1 is 1.64 bits per heavy atom. The van der Waals surface area contributed by atoms with Gasteiger partial charge >= 0.3 is 0 Å². The van der Waals surface area contributed by atoms with E-state index in [2.05, 4.69) is 11.1 Å². The van der Waals surface area contributed by atoms with Crippen LogP contribution in [0.4, 0.5) is 5.69 Å². The molecule has 0 aromatic carbocycles. The van der Waals surface area contributed by atoms with Gasteiger partial charge in [0.25, 0.3) is 0 Å². The van der Waals surface area contributed by atoms with Crippen molar-refractivity contribution in [3.05, 3.63) is 24.0 Å². The van der Waals surface area contributed by atoms with Crippen molar-refractivity contribution in [2.75, 3.05) is 19.3 Å². The number of hydrogen-bond donors (Lipinski definition) is 1. The quantitative estimate of drug-likeness (QED) is 0.769. The summed E-state index contributed by atoms with van der Waals surface area (Å²) in [5.41, 5.74) is 7.28. The lowest BCUT2D eigenvalue weighted by atomic mass is 10.3. The molecular formula is C10H14N4. The Labute approximate surface area is 84.0 Å². The zero-order valence-electron chi connectivity index (χ0n) is 8.27. The molecule has 0 unspecified atom stereocenters. The second-order valence-corrected chi connectivity index (χ2v) is 3.23. The first kappa shape index (κ1) is 10.5. The number of nitriles is 1. The SMILES string of the molecule is CN(CCC#N)Cc1cc(N)ccn1. The predicted octanol–water partition coefficient (Wildman–Crippen LogP) is 1.01. The van der Waals surface area contributed by atoms with Crippen molar-refractivity contribution in [2.24, 2.45) is 0 Å². The van der Waals surface area contributed by atoms with Crippen LogP contribution in [0.3, 0.4) is 0 Å². The first-order chi connectivity index (χ1) is 6.72. The predicted molar refractivity (Wildman–Crippen MR) is 55.2 cm³/mol. The standard InChI is InChI=1S/C10H14N4/c1-14(6-2-4-11)8-10-7-9(12)3-5-13-10/h3,5,7H,2,6,8H2,1H3,(H2,12,13). The van der Waals surface area contributed by atoms with Gasteiger partial charge in [0.15, 0.2) is 0 Å². The molecule has 0 aliphatic carbocycles. The lowest BCUT2D eigenvalue weighted by Gasteiger charge is -2.13. The summed E-state index contributed by atoms with van der Waals surface area (Å²) in [5, 5.41) is 8.41. The average Bonchev–Trinajstić information content (AvgIpc) is 2.15. The van der Waals surface area contributed by atoms with Crippen molar-refractivity contribution >= 4 is 5.69 Å². The average molecular weight is 190 g/mol. The molecule has 0 aliphatic heterocycles.